The highest BCUT2D eigenvalue weighted by molar-refractivity contribution is 7.00. The summed E-state index contributed by atoms with van der Waals surface area (Å²) in [5, 5.41) is 2.86. The van der Waals surface area contributed by atoms with Crippen molar-refractivity contribution in [3.05, 3.63) is 60.2 Å². The molecular weight excluding hydrogens is 737 g/mol. The first-order chi connectivity index (χ1) is 27.2. The lowest BCUT2D eigenvalue weighted by molar-refractivity contribution is -0.140. The molecule has 3 aliphatic heterocycles. The van der Waals surface area contributed by atoms with Crippen molar-refractivity contribution in [3.63, 3.8) is 0 Å². The molecule has 300 valence electrons. The molecule has 3 amide bonds. The second-order valence-corrected chi connectivity index (χ2v) is 17.4. The normalized spacial score (nSPS) is 22.0. The number of likely N-dealkylation sites (tertiary alicyclic amines) is 2. The van der Waals surface area contributed by atoms with Crippen LogP contribution in [0.3, 0.4) is 0 Å². The summed E-state index contributed by atoms with van der Waals surface area (Å²) in [6.07, 6.45) is 8.06. The molecule has 4 aromatic rings. The number of hydrogen-bond acceptors (Lipinski definition) is 9. The summed E-state index contributed by atoms with van der Waals surface area (Å²) in [7, 11) is 0. The van der Waals surface area contributed by atoms with E-state index in [2.05, 4.69) is 60.5 Å². The number of ketones is 1. The van der Waals surface area contributed by atoms with Crippen molar-refractivity contribution in [2.45, 2.75) is 124 Å². The minimum atomic E-state index is -0.590. The summed E-state index contributed by atoms with van der Waals surface area (Å²) in [6.45, 7) is 15.1. The van der Waals surface area contributed by atoms with Gasteiger partial charge < -0.3 is 24.9 Å². The van der Waals surface area contributed by atoms with Crippen LogP contribution < -0.4 is 5.32 Å². The number of benzene rings is 2. The Kier molecular flexibility index (Phi) is 11.6. The van der Waals surface area contributed by atoms with Gasteiger partial charge in [0.05, 0.1) is 35.7 Å². The van der Waals surface area contributed by atoms with Crippen molar-refractivity contribution in [1.29, 1.82) is 0 Å². The molecule has 0 bridgehead atoms. The number of imidazole rings is 1. The summed E-state index contributed by atoms with van der Waals surface area (Å²) in [5.41, 5.74) is 8.53. The first kappa shape index (κ1) is 40.2. The molecule has 2 N–H and O–H groups in total. The summed E-state index contributed by atoms with van der Waals surface area (Å²) in [6, 6.07) is 11.7. The van der Waals surface area contributed by atoms with E-state index in [1.807, 2.05) is 49.9 Å². The molecule has 2 saturated heterocycles. The van der Waals surface area contributed by atoms with Gasteiger partial charge in [-0.25, -0.2) is 4.98 Å². The molecule has 0 unspecified atom stereocenters. The van der Waals surface area contributed by atoms with Crippen molar-refractivity contribution < 1.29 is 19.2 Å². The predicted molar refractivity (Wildman–Crippen MR) is 224 cm³/mol. The first-order valence-electron chi connectivity index (χ1n) is 20.3. The third-order valence-corrected chi connectivity index (χ3v) is 12.6. The quantitative estimate of drug-likeness (QED) is 0.149. The first-order valence-corrected chi connectivity index (χ1v) is 21.0. The standard InChI is InChI=1S/C44H54N8O4S/c1-23(2)34(19-27(7)53)43(55)51-25(5)9-17-37(51)35-20-31(21-45-35)33-16-15-32(40-41(33)50-57-49-40)29-11-13-30(14-12-29)36-22-46-42(48-36)38-18-10-26(6)52(38)44(56)39(24(3)4)47-28(8)54/h11-16,21-26,34,37-39H,9-10,17-20H2,1-8H3,(H,46,48)(H,47,54)/t25-,26-,34-,37-,38-,39-/m0/s1. The Morgan fingerprint density at radius 3 is 2.05 bits per heavy atom. The van der Waals surface area contributed by atoms with Crippen LogP contribution in [0.1, 0.15) is 111 Å². The number of amides is 3. The van der Waals surface area contributed by atoms with Crippen molar-refractivity contribution in [2.75, 3.05) is 0 Å². The fourth-order valence-electron chi connectivity index (χ4n) is 8.97. The Morgan fingerprint density at radius 1 is 0.807 bits per heavy atom. The molecule has 0 radical (unpaired) electrons. The molecule has 0 spiro atoms. The molecule has 0 saturated carbocycles. The number of aliphatic imine (C=N–C) groups is 1. The monoisotopic (exact) mass is 790 g/mol. The van der Waals surface area contributed by atoms with E-state index < -0.39 is 6.04 Å². The van der Waals surface area contributed by atoms with E-state index in [9.17, 15) is 19.2 Å². The molecule has 5 heterocycles. The molecule has 2 aromatic carbocycles. The van der Waals surface area contributed by atoms with Gasteiger partial charge in [-0.15, -0.1) is 0 Å². The lowest BCUT2D eigenvalue weighted by Gasteiger charge is -2.33. The molecule has 57 heavy (non-hydrogen) atoms. The summed E-state index contributed by atoms with van der Waals surface area (Å²) in [5.74, 6) is 0.247. The molecule has 6 atom stereocenters. The molecule has 7 rings (SSSR count). The van der Waals surface area contributed by atoms with Crippen molar-refractivity contribution in [3.8, 4) is 22.4 Å². The number of fused-ring (bicyclic) bond motifs is 1. The Bertz CT molecular complexity index is 2240. The molecule has 12 nitrogen and oxygen atoms in total. The number of aromatic amines is 1. The summed E-state index contributed by atoms with van der Waals surface area (Å²) in [4.78, 5) is 68.6. The summed E-state index contributed by atoms with van der Waals surface area (Å²) >= 11 is 1.19. The zero-order chi connectivity index (χ0) is 40.7. The number of carbonyl (C=O) groups excluding carboxylic acids is 4. The topological polar surface area (TPSA) is 154 Å². The van der Waals surface area contributed by atoms with Gasteiger partial charge in [-0.1, -0.05) is 64.1 Å². The lowest BCUT2D eigenvalue weighted by atomic mass is 9.88. The highest BCUT2D eigenvalue weighted by Gasteiger charge is 2.43. The van der Waals surface area contributed by atoms with Gasteiger partial charge in [-0.2, -0.15) is 8.75 Å². The maximum atomic E-state index is 13.9. The molecule has 3 aliphatic rings. The van der Waals surface area contributed by atoms with Crippen LogP contribution in [-0.2, 0) is 19.2 Å². The van der Waals surface area contributed by atoms with Crippen LogP contribution in [0.2, 0.25) is 0 Å². The SMILES string of the molecule is CC(=O)C[C@H](C(=O)N1[C@@H](C)CC[C@H]1C1=NC=C(c2ccc(-c3ccc(-c4cnc([C@@H]5CC[C@H](C)N5C(=O)[C@@H](NC(C)=O)C(C)C)[nH]4)cc3)c3nsnc23)C1)C(C)C. The van der Waals surface area contributed by atoms with Crippen molar-refractivity contribution in [1.82, 2.24) is 33.8 Å². The fraction of sp³-hybridized carbons (Fsp3) is 0.500. The minimum Gasteiger partial charge on any atom is -0.344 e. The maximum Gasteiger partial charge on any atom is 0.246 e. The number of allylic oxidation sites excluding steroid dienone is 1. The summed E-state index contributed by atoms with van der Waals surface area (Å²) < 4.78 is 9.48. The number of hydrogen-bond donors (Lipinski definition) is 2. The number of rotatable bonds is 12. The van der Waals surface area contributed by atoms with Crippen LogP contribution in [0.4, 0.5) is 0 Å². The van der Waals surface area contributed by atoms with Gasteiger partial charge in [0.2, 0.25) is 17.7 Å². The third-order valence-electron chi connectivity index (χ3n) is 12.1. The van der Waals surface area contributed by atoms with Gasteiger partial charge in [0.15, 0.2) is 0 Å². The molecular formula is C44H54N8O4S. The zero-order valence-electron chi connectivity index (χ0n) is 34.2. The van der Waals surface area contributed by atoms with E-state index in [-0.39, 0.29) is 71.8 Å². The number of nitrogens with one attached hydrogen (secondary N) is 2. The van der Waals surface area contributed by atoms with Gasteiger partial charge in [0.25, 0.3) is 0 Å². The average Bonchev–Trinajstić information content (AvgIpc) is 4.02. The van der Waals surface area contributed by atoms with Crippen LogP contribution in [-0.4, -0.2) is 81.9 Å². The highest BCUT2D eigenvalue weighted by atomic mass is 32.1. The number of nitrogens with zero attached hydrogens (tertiary/aromatic N) is 6. The fourth-order valence-corrected chi connectivity index (χ4v) is 9.54. The van der Waals surface area contributed by atoms with E-state index in [0.717, 1.165) is 81.8 Å². The van der Waals surface area contributed by atoms with Crippen molar-refractivity contribution >= 4 is 57.6 Å². The Balaban J connectivity index is 1.06. The van der Waals surface area contributed by atoms with E-state index in [1.165, 1.54) is 18.7 Å². The largest absolute Gasteiger partial charge is 0.344 e. The van der Waals surface area contributed by atoms with Crippen molar-refractivity contribution in [2.24, 2.45) is 22.7 Å². The van der Waals surface area contributed by atoms with E-state index in [1.54, 1.807) is 6.92 Å². The molecule has 0 aliphatic carbocycles. The number of Topliss-reactive ketones (excluding diaryl/α,β-unsaturated/α-hetero) is 1. The molecule has 2 fully saturated rings. The lowest BCUT2D eigenvalue weighted by Crippen LogP contribution is -2.52. The number of carbonyl (C=O) groups is 4. The minimum absolute atomic E-state index is 0.0347. The number of aromatic nitrogens is 4. The second kappa shape index (κ2) is 16.4. The van der Waals surface area contributed by atoms with E-state index >= 15 is 0 Å². The van der Waals surface area contributed by atoms with E-state index in [4.69, 9.17) is 18.7 Å². The number of H-pyrrole nitrogens is 1. The van der Waals surface area contributed by atoms with Crippen LogP contribution in [0.25, 0.3) is 39.0 Å². The zero-order valence-corrected chi connectivity index (χ0v) is 35.0. The van der Waals surface area contributed by atoms with Crippen LogP contribution in [0.15, 0.2) is 53.8 Å². The van der Waals surface area contributed by atoms with Gasteiger partial charge in [0.1, 0.15) is 28.7 Å². The third kappa shape index (κ3) is 7.95. The Hall–Kier alpha value is -5.04. The van der Waals surface area contributed by atoms with Gasteiger partial charge in [-0.3, -0.25) is 19.4 Å². The van der Waals surface area contributed by atoms with Crippen LogP contribution >= 0.6 is 11.7 Å². The second-order valence-electron chi connectivity index (χ2n) is 16.9. The van der Waals surface area contributed by atoms with Crippen LogP contribution in [0.5, 0.6) is 0 Å². The predicted octanol–water partition coefficient (Wildman–Crippen LogP) is 7.78. The van der Waals surface area contributed by atoms with Gasteiger partial charge in [-0.05, 0) is 75.0 Å². The van der Waals surface area contributed by atoms with Crippen LogP contribution in [0, 0.1) is 17.8 Å². The van der Waals surface area contributed by atoms with Gasteiger partial charge in [0, 0.05) is 60.8 Å². The Morgan fingerprint density at radius 2 is 1.42 bits per heavy atom. The molecule has 13 heteroatoms. The average molecular weight is 791 g/mol. The maximum absolute atomic E-state index is 13.9. The van der Waals surface area contributed by atoms with Gasteiger partial charge >= 0.3 is 0 Å². The Labute approximate surface area is 339 Å². The highest BCUT2D eigenvalue weighted by Crippen LogP contribution is 2.40. The van der Waals surface area contributed by atoms with E-state index in [0.29, 0.717) is 6.42 Å². The smallest absolute Gasteiger partial charge is 0.246 e. The molecule has 2 aromatic heterocycles.